The first-order valence-electron chi connectivity index (χ1n) is 4.57. The molecule has 0 saturated heterocycles. The largest absolute Gasteiger partial charge is 0.325 e. The van der Waals surface area contributed by atoms with Crippen molar-refractivity contribution in [2.75, 3.05) is 0 Å². The van der Waals surface area contributed by atoms with Crippen LogP contribution in [0.4, 0.5) is 4.39 Å². The van der Waals surface area contributed by atoms with Gasteiger partial charge < -0.3 is 5.73 Å². The van der Waals surface area contributed by atoms with Gasteiger partial charge in [0.15, 0.2) is 5.78 Å². The predicted octanol–water partition coefficient (Wildman–Crippen LogP) is 2.79. The smallest absolute Gasteiger partial charge is 0.169 e. The van der Waals surface area contributed by atoms with Crippen LogP contribution in [0.15, 0.2) is 18.2 Å². The fourth-order valence-electron chi connectivity index (χ4n) is 1.27. The zero-order valence-electron chi connectivity index (χ0n) is 8.68. The molecular weight excluding hydrogens is 217 g/mol. The average Bonchev–Trinajstić information content (AvgIpc) is 1.99. The van der Waals surface area contributed by atoms with Gasteiger partial charge in [0.2, 0.25) is 0 Å². The first-order chi connectivity index (χ1) is 6.81. The van der Waals surface area contributed by atoms with E-state index in [1.165, 1.54) is 18.2 Å². The molecule has 0 amide bonds. The number of benzene rings is 1. The number of Topliss-reactive ketones (excluding diaryl/α,β-unsaturated/α-hetero) is 1. The molecule has 0 saturated carbocycles. The van der Waals surface area contributed by atoms with E-state index in [4.69, 9.17) is 17.3 Å². The molecule has 0 spiro atoms. The highest BCUT2D eigenvalue weighted by Gasteiger charge is 2.22. The molecule has 0 fully saturated rings. The van der Waals surface area contributed by atoms with E-state index >= 15 is 0 Å². The Morgan fingerprint density at radius 2 is 2.13 bits per heavy atom. The van der Waals surface area contributed by atoms with Crippen LogP contribution in [-0.4, -0.2) is 11.3 Å². The molecule has 0 bridgehead atoms. The highest BCUT2D eigenvalue weighted by atomic mass is 35.5. The molecule has 0 aliphatic carbocycles. The summed E-state index contributed by atoms with van der Waals surface area (Å²) in [4.78, 5) is 11.7. The Morgan fingerprint density at radius 1 is 1.53 bits per heavy atom. The number of hydrogen-bond donors (Lipinski definition) is 1. The lowest BCUT2D eigenvalue weighted by molar-refractivity contribution is 0.0956. The van der Waals surface area contributed by atoms with Crippen molar-refractivity contribution in [2.24, 2.45) is 5.73 Å². The molecule has 1 aromatic carbocycles. The number of rotatable bonds is 3. The summed E-state index contributed by atoms with van der Waals surface area (Å²) in [7, 11) is 0. The molecule has 4 heteroatoms. The molecular formula is C11H13ClFNO. The third-order valence-electron chi connectivity index (χ3n) is 1.86. The van der Waals surface area contributed by atoms with Crippen LogP contribution in [-0.2, 0) is 0 Å². The van der Waals surface area contributed by atoms with Crippen molar-refractivity contribution in [3.8, 4) is 0 Å². The second-order valence-electron chi connectivity index (χ2n) is 4.19. The number of halogens is 2. The minimum absolute atomic E-state index is 0.0631. The number of carbonyl (C=O) groups excluding carboxylic acids is 1. The molecule has 1 rings (SSSR count). The molecule has 2 nitrogen and oxygen atoms in total. The molecule has 0 aliphatic heterocycles. The highest BCUT2D eigenvalue weighted by Crippen LogP contribution is 2.22. The van der Waals surface area contributed by atoms with Gasteiger partial charge in [-0.3, -0.25) is 4.79 Å². The lowest BCUT2D eigenvalue weighted by atomic mass is 9.95. The van der Waals surface area contributed by atoms with Crippen LogP contribution < -0.4 is 5.73 Å². The van der Waals surface area contributed by atoms with E-state index in [-0.39, 0.29) is 22.8 Å². The number of ketones is 1. The van der Waals surface area contributed by atoms with Crippen molar-refractivity contribution in [1.82, 2.24) is 0 Å². The van der Waals surface area contributed by atoms with Crippen LogP contribution in [0.1, 0.15) is 30.6 Å². The van der Waals surface area contributed by atoms with Crippen LogP contribution >= 0.6 is 11.6 Å². The lowest BCUT2D eigenvalue weighted by Gasteiger charge is -2.17. The molecule has 0 radical (unpaired) electrons. The highest BCUT2D eigenvalue weighted by molar-refractivity contribution is 6.34. The Balaban J connectivity index is 3.02. The quantitative estimate of drug-likeness (QED) is 0.810. The Morgan fingerprint density at radius 3 is 2.60 bits per heavy atom. The van der Waals surface area contributed by atoms with Crippen LogP contribution in [0.5, 0.6) is 0 Å². The maximum atomic E-state index is 13.3. The summed E-state index contributed by atoms with van der Waals surface area (Å²) >= 11 is 5.75. The fourth-order valence-corrected chi connectivity index (χ4v) is 1.53. The van der Waals surface area contributed by atoms with E-state index in [1.54, 1.807) is 13.8 Å². The Labute approximate surface area is 93.2 Å². The lowest BCUT2D eigenvalue weighted by Crippen LogP contribution is -2.34. The maximum Gasteiger partial charge on any atom is 0.169 e. The monoisotopic (exact) mass is 229 g/mol. The Hall–Kier alpha value is -0.930. The molecule has 0 atom stereocenters. The van der Waals surface area contributed by atoms with Crippen molar-refractivity contribution >= 4 is 17.4 Å². The van der Waals surface area contributed by atoms with Crippen molar-refractivity contribution in [1.29, 1.82) is 0 Å². The fraction of sp³-hybridized carbons (Fsp3) is 0.364. The van der Waals surface area contributed by atoms with Gasteiger partial charge in [0.1, 0.15) is 5.82 Å². The third-order valence-corrected chi connectivity index (χ3v) is 2.17. The van der Waals surface area contributed by atoms with Gasteiger partial charge in [-0.1, -0.05) is 17.7 Å². The van der Waals surface area contributed by atoms with E-state index in [9.17, 15) is 9.18 Å². The summed E-state index contributed by atoms with van der Waals surface area (Å²) in [6, 6.07) is 4.16. The first kappa shape index (κ1) is 12.1. The first-order valence-corrected chi connectivity index (χ1v) is 4.95. The van der Waals surface area contributed by atoms with E-state index in [1.807, 2.05) is 0 Å². The molecule has 0 heterocycles. The summed E-state index contributed by atoms with van der Waals surface area (Å²) in [6.07, 6.45) is 0.0631. The molecule has 1 aromatic rings. The summed E-state index contributed by atoms with van der Waals surface area (Å²) in [5.41, 5.74) is 4.95. The van der Waals surface area contributed by atoms with E-state index in [0.717, 1.165) is 0 Å². The van der Waals surface area contributed by atoms with Crippen LogP contribution in [0.25, 0.3) is 0 Å². The topological polar surface area (TPSA) is 43.1 Å². The summed E-state index contributed by atoms with van der Waals surface area (Å²) in [6.45, 7) is 3.42. The van der Waals surface area contributed by atoms with E-state index in [2.05, 4.69) is 0 Å². The molecule has 0 aromatic heterocycles. The van der Waals surface area contributed by atoms with Crippen molar-refractivity contribution in [2.45, 2.75) is 25.8 Å². The second kappa shape index (κ2) is 4.29. The number of carbonyl (C=O) groups is 1. The van der Waals surface area contributed by atoms with Crippen molar-refractivity contribution in [3.63, 3.8) is 0 Å². The summed E-state index contributed by atoms with van der Waals surface area (Å²) in [5, 5.41) is 0.129. The van der Waals surface area contributed by atoms with Crippen molar-refractivity contribution < 1.29 is 9.18 Å². The van der Waals surface area contributed by atoms with Gasteiger partial charge >= 0.3 is 0 Å². The van der Waals surface area contributed by atoms with Crippen LogP contribution in [0.3, 0.4) is 0 Å². The minimum atomic E-state index is -0.664. The minimum Gasteiger partial charge on any atom is -0.325 e. The Bertz CT molecular complexity index is 364. The summed E-state index contributed by atoms with van der Waals surface area (Å²) < 4.78 is 13.3. The van der Waals surface area contributed by atoms with Crippen molar-refractivity contribution in [3.05, 3.63) is 34.6 Å². The second-order valence-corrected chi connectivity index (χ2v) is 4.59. The number of hydrogen-bond acceptors (Lipinski definition) is 2. The number of nitrogens with two attached hydrogens (primary N) is 1. The molecule has 82 valence electrons. The van der Waals surface area contributed by atoms with Crippen LogP contribution in [0, 0.1) is 5.82 Å². The molecule has 0 aliphatic rings. The normalized spacial score (nSPS) is 11.5. The zero-order chi connectivity index (χ0) is 11.6. The van der Waals surface area contributed by atoms with E-state index in [0.29, 0.717) is 0 Å². The standard InChI is InChI=1S/C11H13ClFNO/c1-11(2,14)6-9(15)10-7(12)4-3-5-8(10)13/h3-5H,6,14H2,1-2H3. The van der Waals surface area contributed by atoms with Gasteiger partial charge in [0, 0.05) is 12.0 Å². The van der Waals surface area contributed by atoms with Gasteiger partial charge in [-0.2, -0.15) is 0 Å². The summed E-state index contributed by atoms with van der Waals surface area (Å²) in [5.74, 6) is -0.970. The van der Waals surface area contributed by atoms with Gasteiger partial charge in [0.25, 0.3) is 0 Å². The van der Waals surface area contributed by atoms with Gasteiger partial charge in [-0.15, -0.1) is 0 Å². The SMILES string of the molecule is CC(C)(N)CC(=O)c1c(F)cccc1Cl. The van der Waals surface area contributed by atoms with Gasteiger partial charge in [-0.05, 0) is 26.0 Å². The van der Waals surface area contributed by atoms with Gasteiger partial charge in [0.05, 0.1) is 10.6 Å². The molecule has 15 heavy (non-hydrogen) atoms. The van der Waals surface area contributed by atoms with Gasteiger partial charge in [-0.25, -0.2) is 4.39 Å². The maximum absolute atomic E-state index is 13.3. The Kier molecular flexibility index (Phi) is 3.47. The van der Waals surface area contributed by atoms with Crippen LogP contribution in [0.2, 0.25) is 5.02 Å². The average molecular weight is 230 g/mol. The molecule has 0 unspecified atom stereocenters. The predicted molar refractivity (Wildman–Crippen MR) is 58.6 cm³/mol. The van der Waals surface area contributed by atoms with E-state index < -0.39 is 11.4 Å². The molecule has 2 N–H and O–H groups in total. The zero-order valence-corrected chi connectivity index (χ0v) is 9.44. The third kappa shape index (κ3) is 3.29.